The molecule has 46 valence electrons. The second-order valence-corrected chi connectivity index (χ2v) is 2.17. The van der Waals surface area contributed by atoms with Crippen molar-refractivity contribution in [2.45, 2.75) is 12.8 Å². The average Bonchev–Trinajstić information content (AvgIpc) is 1.91. The van der Waals surface area contributed by atoms with E-state index >= 15 is 0 Å². The largest absolute Gasteiger partial charge is 0.198 e. The lowest BCUT2D eigenvalue weighted by Gasteiger charge is -2.06. The van der Waals surface area contributed by atoms with Crippen LogP contribution in [0.15, 0.2) is 24.3 Å². The molecule has 1 nitrogen and oxygen atoms in total. The zero-order chi connectivity index (χ0) is 6.53. The minimum Gasteiger partial charge on any atom is -0.198 e. The molecule has 0 amide bonds. The highest BCUT2D eigenvalue weighted by Crippen LogP contribution is 2.13. The third-order valence-corrected chi connectivity index (χ3v) is 1.42. The first kappa shape index (κ1) is 6.10. The third kappa shape index (κ3) is 1.73. The molecule has 1 atom stereocenters. The van der Waals surface area contributed by atoms with Crippen molar-refractivity contribution in [2.24, 2.45) is 5.92 Å². The van der Waals surface area contributed by atoms with E-state index in [9.17, 15) is 0 Å². The van der Waals surface area contributed by atoms with Gasteiger partial charge < -0.3 is 0 Å². The highest BCUT2D eigenvalue weighted by Gasteiger charge is 2.02. The summed E-state index contributed by atoms with van der Waals surface area (Å²) in [6, 6.07) is 2.15. The van der Waals surface area contributed by atoms with Crippen LogP contribution < -0.4 is 0 Å². The Hall–Kier alpha value is -1.03. The Morgan fingerprint density at radius 1 is 1.56 bits per heavy atom. The first-order valence-electron chi connectivity index (χ1n) is 3.14. The molecule has 1 aliphatic rings. The molecule has 0 saturated carbocycles. The van der Waals surface area contributed by atoms with Gasteiger partial charge in [0.1, 0.15) is 0 Å². The Morgan fingerprint density at radius 2 is 2.44 bits per heavy atom. The molecule has 9 heavy (non-hydrogen) atoms. The van der Waals surface area contributed by atoms with Crippen LogP contribution in [0.4, 0.5) is 0 Å². The van der Waals surface area contributed by atoms with Crippen LogP contribution in [-0.2, 0) is 0 Å². The van der Waals surface area contributed by atoms with Crippen LogP contribution >= 0.6 is 0 Å². The Balaban J connectivity index is 2.39. The quantitative estimate of drug-likeness (QED) is 0.518. The van der Waals surface area contributed by atoms with E-state index < -0.39 is 0 Å². The minimum atomic E-state index is 0.472. The molecular weight excluding hydrogens is 110 g/mol. The zero-order valence-electron chi connectivity index (χ0n) is 5.25. The number of nitriles is 1. The fourth-order valence-corrected chi connectivity index (χ4v) is 0.900. The number of hydrogen-bond acceptors (Lipinski definition) is 1. The van der Waals surface area contributed by atoms with Gasteiger partial charge in [-0.05, 0) is 12.3 Å². The number of rotatable bonds is 1. The molecule has 0 spiro atoms. The molecule has 0 aromatic rings. The molecular formula is C8H9N. The summed E-state index contributed by atoms with van der Waals surface area (Å²) in [5.74, 6) is 0.472. The van der Waals surface area contributed by atoms with E-state index in [4.69, 9.17) is 5.26 Å². The van der Waals surface area contributed by atoms with Crippen molar-refractivity contribution in [1.82, 2.24) is 0 Å². The molecule has 0 aliphatic heterocycles. The predicted octanol–water partition coefficient (Wildman–Crippen LogP) is 2.03. The number of allylic oxidation sites excluding steroid dienone is 4. The highest BCUT2D eigenvalue weighted by atomic mass is 14.2. The summed E-state index contributed by atoms with van der Waals surface area (Å²) < 4.78 is 0. The van der Waals surface area contributed by atoms with Crippen LogP contribution in [-0.4, -0.2) is 0 Å². The smallest absolute Gasteiger partial charge is 0.0628 e. The molecule has 1 aliphatic carbocycles. The summed E-state index contributed by atoms with van der Waals surface area (Å²) >= 11 is 0. The molecule has 0 aromatic carbocycles. The van der Waals surface area contributed by atoms with Gasteiger partial charge in [-0.15, -0.1) is 0 Å². The molecule has 0 aromatic heterocycles. The highest BCUT2D eigenvalue weighted by molar-refractivity contribution is 5.11. The van der Waals surface area contributed by atoms with Gasteiger partial charge in [0.2, 0.25) is 0 Å². The first-order valence-corrected chi connectivity index (χ1v) is 3.14. The number of hydrogen-bond donors (Lipinski definition) is 0. The summed E-state index contributed by atoms with van der Waals surface area (Å²) in [7, 11) is 0. The third-order valence-electron chi connectivity index (χ3n) is 1.42. The SMILES string of the molecule is N#CCC1C=CC=CC1. The molecule has 0 radical (unpaired) electrons. The zero-order valence-corrected chi connectivity index (χ0v) is 5.25. The normalized spacial score (nSPS) is 23.7. The van der Waals surface area contributed by atoms with Gasteiger partial charge in [0, 0.05) is 6.42 Å². The van der Waals surface area contributed by atoms with E-state index in [2.05, 4.69) is 18.2 Å². The lowest BCUT2D eigenvalue weighted by Crippen LogP contribution is -1.94. The summed E-state index contributed by atoms with van der Waals surface area (Å²) in [6.45, 7) is 0. The van der Waals surface area contributed by atoms with Gasteiger partial charge in [-0.1, -0.05) is 24.3 Å². The van der Waals surface area contributed by atoms with Crippen LogP contribution in [0.2, 0.25) is 0 Å². The van der Waals surface area contributed by atoms with Crippen LogP contribution in [0.1, 0.15) is 12.8 Å². The lowest BCUT2D eigenvalue weighted by atomic mass is 9.98. The lowest BCUT2D eigenvalue weighted by molar-refractivity contribution is 0.676. The van der Waals surface area contributed by atoms with E-state index in [0.717, 1.165) is 6.42 Å². The van der Waals surface area contributed by atoms with Gasteiger partial charge in [0.05, 0.1) is 6.07 Å². The van der Waals surface area contributed by atoms with Crippen molar-refractivity contribution in [3.63, 3.8) is 0 Å². The maximum Gasteiger partial charge on any atom is 0.0628 e. The van der Waals surface area contributed by atoms with E-state index in [0.29, 0.717) is 12.3 Å². The van der Waals surface area contributed by atoms with Crippen molar-refractivity contribution in [3.8, 4) is 6.07 Å². The van der Waals surface area contributed by atoms with E-state index in [1.165, 1.54) is 0 Å². The molecule has 0 fully saturated rings. The average molecular weight is 119 g/mol. The monoisotopic (exact) mass is 119 g/mol. The molecule has 0 saturated heterocycles. The Labute approximate surface area is 55.3 Å². The molecule has 1 unspecified atom stereocenters. The van der Waals surface area contributed by atoms with Crippen LogP contribution in [0.3, 0.4) is 0 Å². The summed E-state index contributed by atoms with van der Waals surface area (Å²) in [4.78, 5) is 0. The predicted molar refractivity (Wildman–Crippen MR) is 36.6 cm³/mol. The van der Waals surface area contributed by atoms with Crippen LogP contribution in [0.25, 0.3) is 0 Å². The molecule has 0 heterocycles. The second-order valence-electron chi connectivity index (χ2n) is 2.17. The van der Waals surface area contributed by atoms with Crippen molar-refractivity contribution >= 4 is 0 Å². The van der Waals surface area contributed by atoms with Gasteiger partial charge in [-0.3, -0.25) is 0 Å². The van der Waals surface area contributed by atoms with Gasteiger partial charge in [-0.25, -0.2) is 0 Å². The van der Waals surface area contributed by atoms with E-state index in [1.54, 1.807) is 0 Å². The number of nitrogens with zero attached hydrogens (tertiary/aromatic N) is 1. The van der Waals surface area contributed by atoms with Gasteiger partial charge in [0.25, 0.3) is 0 Å². The van der Waals surface area contributed by atoms with Crippen LogP contribution in [0, 0.1) is 17.2 Å². The van der Waals surface area contributed by atoms with Crippen molar-refractivity contribution in [2.75, 3.05) is 0 Å². The minimum absolute atomic E-state index is 0.472. The molecule has 0 N–H and O–H groups in total. The Bertz CT molecular complexity index is 171. The van der Waals surface area contributed by atoms with Gasteiger partial charge in [-0.2, -0.15) is 5.26 Å². The summed E-state index contributed by atoms with van der Waals surface area (Å²) in [6.07, 6.45) is 9.90. The molecule has 1 rings (SSSR count). The van der Waals surface area contributed by atoms with E-state index in [1.807, 2.05) is 12.2 Å². The fourth-order valence-electron chi connectivity index (χ4n) is 0.900. The van der Waals surface area contributed by atoms with Gasteiger partial charge >= 0.3 is 0 Å². The maximum absolute atomic E-state index is 8.31. The second kappa shape index (κ2) is 3.09. The first-order chi connectivity index (χ1) is 4.43. The summed E-state index contributed by atoms with van der Waals surface area (Å²) in [5.41, 5.74) is 0. The topological polar surface area (TPSA) is 23.8 Å². The molecule has 0 bridgehead atoms. The van der Waals surface area contributed by atoms with Crippen molar-refractivity contribution in [3.05, 3.63) is 24.3 Å². The Kier molecular flexibility index (Phi) is 2.09. The fraction of sp³-hybridized carbons (Fsp3) is 0.375. The standard InChI is InChI=1S/C8H9N/c9-7-6-8-4-2-1-3-5-8/h1-4,8H,5-6H2. The molecule has 1 heteroatoms. The van der Waals surface area contributed by atoms with E-state index in [-0.39, 0.29) is 0 Å². The van der Waals surface area contributed by atoms with Crippen molar-refractivity contribution in [1.29, 1.82) is 5.26 Å². The Morgan fingerprint density at radius 3 is 3.00 bits per heavy atom. The van der Waals surface area contributed by atoms with Gasteiger partial charge in [0.15, 0.2) is 0 Å². The van der Waals surface area contributed by atoms with Crippen molar-refractivity contribution < 1.29 is 0 Å². The van der Waals surface area contributed by atoms with Crippen LogP contribution in [0.5, 0.6) is 0 Å². The summed E-state index contributed by atoms with van der Waals surface area (Å²) in [5, 5.41) is 8.31. The maximum atomic E-state index is 8.31.